The Balaban J connectivity index is 0.00000108. The molecule has 0 radical (unpaired) electrons. The molecule has 0 N–H and O–H groups in total. The van der Waals surface area contributed by atoms with Gasteiger partial charge < -0.3 is 12.4 Å². The highest BCUT2D eigenvalue weighted by Crippen LogP contribution is 2.37. The second kappa shape index (κ2) is 5.42. The maximum atomic E-state index is 3.79. The largest absolute Gasteiger partial charge is 1.00 e. The fourth-order valence-corrected chi connectivity index (χ4v) is 4.95. The fourth-order valence-electron chi connectivity index (χ4n) is 2.11. The number of benzene rings is 1. The lowest BCUT2D eigenvalue weighted by atomic mass is 10.2. The Hall–Kier alpha value is -0.510. The van der Waals surface area contributed by atoms with Crippen LogP contribution in [0.5, 0.6) is 0 Å². The minimum Gasteiger partial charge on any atom is -1.00 e. The monoisotopic (exact) mass is 283 g/mol. The van der Waals surface area contributed by atoms with Crippen LogP contribution >= 0.6 is 23.1 Å². The zero-order chi connectivity index (χ0) is 11.0. The van der Waals surface area contributed by atoms with E-state index in [1.165, 1.54) is 21.0 Å². The van der Waals surface area contributed by atoms with Gasteiger partial charge >= 0.3 is 0 Å². The first-order chi connectivity index (χ1) is 7.88. The van der Waals surface area contributed by atoms with Crippen LogP contribution in [-0.4, -0.2) is 5.25 Å². The predicted molar refractivity (Wildman–Crippen MR) is 71.1 cm³/mol. The lowest BCUT2D eigenvalue weighted by Gasteiger charge is -2.00. The van der Waals surface area contributed by atoms with Gasteiger partial charge in [-0.2, -0.15) is 4.57 Å². The smallest absolute Gasteiger partial charge is 0.298 e. The van der Waals surface area contributed by atoms with Gasteiger partial charge in [0.1, 0.15) is 4.70 Å². The number of para-hydroxylation sites is 1. The number of fused-ring (bicyclic) bond motifs is 3. The van der Waals surface area contributed by atoms with Crippen molar-refractivity contribution in [2.24, 2.45) is 0 Å². The van der Waals surface area contributed by atoms with Crippen LogP contribution in [0.15, 0.2) is 41.3 Å². The molecule has 0 spiro atoms. The van der Waals surface area contributed by atoms with Crippen molar-refractivity contribution in [3.63, 3.8) is 0 Å². The van der Waals surface area contributed by atoms with Crippen molar-refractivity contribution in [1.29, 1.82) is 0 Å². The van der Waals surface area contributed by atoms with Crippen LogP contribution in [0.4, 0.5) is 0 Å². The third-order valence-electron chi connectivity index (χ3n) is 2.92. The van der Waals surface area contributed by atoms with Crippen molar-refractivity contribution in [3.05, 3.63) is 36.9 Å². The summed E-state index contributed by atoms with van der Waals surface area (Å²) < 4.78 is 5.35. The molecular formula is C13H14ClNS2. The fraction of sp³-hybridized carbons (Fsp3) is 0.308. The van der Waals surface area contributed by atoms with Crippen molar-refractivity contribution in [2.45, 2.75) is 29.0 Å². The number of halogens is 1. The molecule has 0 saturated heterocycles. The summed E-state index contributed by atoms with van der Waals surface area (Å²) in [6.45, 7) is 4.96. The maximum Gasteiger partial charge on any atom is 0.298 e. The van der Waals surface area contributed by atoms with Crippen LogP contribution in [0.25, 0.3) is 10.2 Å². The number of thiazole rings is 1. The third kappa shape index (κ3) is 2.37. The minimum absolute atomic E-state index is 0. The number of nitrogens with zero attached hydrogens (tertiary/aromatic N) is 1. The second-order valence-corrected chi connectivity index (χ2v) is 6.63. The van der Waals surface area contributed by atoms with E-state index >= 15 is 0 Å². The van der Waals surface area contributed by atoms with Gasteiger partial charge in [-0.25, -0.2) is 0 Å². The van der Waals surface area contributed by atoms with E-state index in [4.69, 9.17) is 0 Å². The first-order valence-electron chi connectivity index (χ1n) is 5.57. The zero-order valence-electron chi connectivity index (χ0n) is 9.43. The molecule has 2 heterocycles. The van der Waals surface area contributed by atoms with Crippen molar-refractivity contribution in [3.8, 4) is 0 Å². The van der Waals surface area contributed by atoms with Gasteiger partial charge in [0.25, 0.3) is 4.34 Å². The number of allylic oxidation sites excluding steroid dienone is 1. The van der Waals surface area contributed by atoms with E-state index in [2.05, 4.69) is 35.4 Å². The van der Waals surface area contributed by atoms with E-state index in [0.717, 1.165) is 18.2 Å². The molecular weight excluding hydrogens is 270 g/mol. The minimum atomic E-state index is 0. The molecule has 0 aliphatic carbocycles. The molecule has 1 atom stereocenters. The molecule has 1 aliphatic rings. The highest BCUT2D eigenvalue weighted by atomic mass is 35.5. The van der Waals surface area contributed by atoms with Crippen LogP contribution in [0.2, 0.25) is 0 Å². The summed E-state index contributed by atoms with van der Waals surface area (Å²) >= 11 is 3.96. The topological polar surface area (TPSA) is 3.88 Å². The molecule has 4 heteroatoms. The van der Waals surface area contributed by atoms with Crippen molar-refractivity contribution in [2.75, 3.05) is 0 Å². The average Bonchev–Trinajstić information content (AvgIpc) is 2.83. The Morgan fingerprint density at radius 1 is 1.41 bits per heavy atom. The zero-order valence-corrected chi connectivity index (χ0v) is 11.8. The first-order valence-corrected chi connectivity index (χ1v) is 7.27. The van der Waals surface area contributed by atoms with Gasteiger partial charge in [-0.1, -0.05) is 29.5 Å². The van der Waals surface area contributed by atoms with Gasteiger partial charge in [-0.05, 0) is 30.7 Å². The van der Waals surface area contributed by atoms with Crippen molar-refractivity contribution < 1.29 is 17.0 Å². The highest BCUT2D eigenvalue weighted by molar-refractivity contribution is 8.01. The summed E-state index contributed by atoms with van der Waals surface area (Å²) in [6.07, 6.45) is 4.40. The molecule has 0 amide bonds. The van der Waals surface area contributed by atoms with Crippen LogP contribution < -0.4 is 17.0 Å². The lowest BCUT2D eigenvalue weighted by molar-refractivity contribution is -0.695. The molecule has 2 aromatic rings. The van der Waals surface area contributed by atoms with Crippen molar-refractivity contribution >= 4 is 33.3 Å². The summed E-state index contributed by atoms with van der Waals surface area (Å²) in [7, 11) is 0. The first kappa shape index (κ1) is 12.9. The molecule has 0 saturated carbocycles. The molecule has 1 unspecified atom stereocenters. The molecule has 1 nitrogen and oxygen atoms in total. The van der Waals surface area contributed by atoms with Crippen LogP contribution in [0.3, 0.4) is 0 Å². The van der Waals surface area contributed by atoms with Gasteiger partial charge in [-0.15, -0.1) is 6.58 Å². The van der Waals surface area contributed by atoms with Gasteiger partial charge in [0.15, 0.2) is 6.54 Å². The number of aromatic nitrogens is 1. The van der Waals surface area contributed by atoms with Crippen molar-refractivity contribution in [1.82, 2.24) is 0 Å². The number of hydrogen-bond acceptors (Lipinski definition) is 2. The number of hydrogen-bond donors (Lipinski definition) is 0. The van der Waals surface area contributed by atoms with Crippen LogP contribution in [-0.2, 0) is 6.54 Å². The van der Waals surface area contributed by atoms with Crippen LogP contribution in [0.1, 0.15) is 12.8 Å². The second-order valence-electron chi connectivity index (χ2n) is 4.05. The SMILES string of the molecule is C=CCCC1C[n+]2c(sc3ccccc32)S1.[Cl-]. The van der Waals surface area contributed by atoms with Gasteiger partial charge in [0.05, 0.1) is 5.25 Å². The Labute approximate surface area is 116 Å². The molecule has 1 aromatic carbocycles. The van der Waals surface area contributed by atoms with Crippen LogP contribution in [0, 0.1) is 0 Å². The summed E-state index contributed by atoms with van der Waals surface area (Å²) in [5.74, 6) is 0. The van der Waals surface area contributed by atoms with E-state index in [-0.39, 0.29) is 12.4 Å². The van der Waals surface area contributed by atoms with Gasteiger partial charge in [-0.3, -0.25) is 0 Å². The van der Waals surface area contributed by atoms with E-state index in [0.29, 0.717) is 0 Å². The maximum absolute atomic E-state index is 3.79. The number of thioether (sulfide) groups is 1. The normalized spacial score (nSPS) is 17.8. The Kier molecular flexibility index (Phi) is 4.13. The molecule has 1 aromatic heterocycles. The predicted octanol–water partition coefficient (Wildman–Crippen LogP) is 0.633. The van der Waals surface area contributed by atoms with E-state index in [1.54, 1.807) is 0 Å². The Morgan fingerprint density at radius 3 is 3.06 bits per heavy atom. The highest BCUT2D eigenvalue weighted by Gasteiger charge is 2.33. The van der Waals surface area contributed by atoms with Gasteiger partial charge in [0, 0.05) is 6.07 Å². The molecule has 3 rings (SSSR count). The Morgan fingerprint density at radius 2 is 2.24 bits per heavy atom. The summed E-state index contributed by atoms with van der Waals surface area (Å²) in [6, 6.07) is 8.69. The summed E-state index contributed by atoms with van der Waals surface area (Å²) in [5, 5.41) is 0.744. The lowest BCUT2D eigenvalue weighted by Crippen LogP contribution is -3.00. The standard InChI is InChI=1S/C13H14NS2.ClH/c1-2-3-6-10-9-14-11-7-4-5-8-12(11)16-13(14)15-10;/h2,4-5,7-8,10H,1,3,6,9H2;1H/q+1;/p-1. The molecule has 0 fully saturated rings. The van der Waals surface area contributed by atoms with E-state index < -0.39 is 0 Å². The third-order valence-corrected chi connectivity index (χ3v) is 5.56. The number of rotatable bonds is 3. The summed E-state index contributed by atoms with van der Waals surface area (Å²) in [4.78, 5) is 0. The average molecular weight is 284 g/mol. The van der Waals surface area contributed by atoms with Gasteiger partial charge in [0.2, 0.25) is 5.52 Å². The quantitative estimate of drug-likeness (QED) is 0.590. The molecule has 90 valence electrons. The molecule has 17 heavy (non-hydrogen) atoms. The van der Waals surface area contributed by atoms with E-state index in [1.807, 2.05) is 29.2 Å². The molecule has 1 aliphatic heterocycles. The molecule has 0 bridgehead atoms. The van der Waals surface area contributed by atoms with E-state index in [9.17, 15) is 0 Å². The summed E-state index contributed by atoms with van der Waals surface area (Å²) in [5.41, 5.74) is 1.40. The Bertz CT molecular complexity index is 535.